The van der Waals surface area contributed by atoms with Crippen LogP contribution in [0.5, 0.6) is 11.5 Å². The molecular weight excluding hydrogens is 206 g/mol. The standard InChI is InChI=1S/C12H17NO3/c1-8(2)13-12(14)11-9(15-3)6-5-7-10(11)16-4/h5-8H,1-4H3,(H,13,14). The van der Waals surface area contributed by atoms with Crippen molar-refractivity contribution in [3.63, 3.8) is 0 Å². The molecule has 16 heavy (non-hydrogen) atoms. The second-order valence-corrected chi connectivity index (χ2v) is 3.67. The largest absolute Gasteiger partial charge is 0.496 e. The van der Waals surface area contributed by atoms with Gasteiger partial charge < -0.3 is 14.8 Å². The van der Waals surface area contributed by atoms with E-state index in [1.54, 1.807) is 18.2 Å². The fraction of sp³-hybridized carbons (Fsp3) is 0.417. The highest BCUT2D eigenvalue weighted by Gasteiger charge is 2.18. The molecule has 0 aliphatic rings. The van der Waals surface area contributed by atoms with E-state index in [-0.39, 0.29) is 11.9 Å². The van der Waals surface area contributed by atoms with Crippen molar-refractivity contribution >= 4 is 5.91 Å². The molecule has 0 spiro atoms. The van der Waals surface area contributed by atoms with E-state index in [1.807, 2.05) is 13.8 Å². The summed E-state index contributed by atoms with van der Waals surface area (Å²) in [6, 6.07) is 5.32. The summed E-state index contributed by atoms with van der Waals surface area (Å²) in [5.74, 6) is 0.833. The Morgan fingerprint density at radius 1 is 1.19 bits per heavy atom. The second-order valence-electron chi connectivity index (χ2n) is 3.67. The maximum Gasteiger partial charge on any atom is 0.259 e. The molecule has 0 atom stereocenters. The number of hydrogen-bond acceptors (Lipinski definition) is 3. The molecule has 1 aromatic rings. The quantitative estimate of drug-likeness (QED) is 0.847. The lowest BCUT2D eigenvalue weighted by Crippen LogP contribution is -2.30. The van der Waals surface area contributed by atoms with E-state index < -0.39 is 0 Å². The predicted octanol–water partition coefficient (Wildman–Crippen LogP) is 1.84. The number of methoxy groups -OCH3 is 2. The molecule has 4 nitrogen and oxygen atoms in total. The summed E-state index contributed by atoms with van der Waals surface area (Å²) < 4.78 is 10.3. The van der Waals surface area contributed by atoms with Gasteiger partial charge in [0.2, 0.25) is 0 Å². The van der Waals surface area contributed by atoms with Crippen LogP contribution < -0.4 is 14.8 Å². The van der Waals surface area contributed by atoms with Crippen molar-refractivity contribution in [2.45, 2.75) is 19.9 Å². The van der Waals surface area contributed by atoms with Crippen molar-refractivity contribution < 1.29 is 14.3 Å². The third-order valence-electron chi connectivity index (χ3n) is 2.07. The fourth-order valence-corrected chi connectivity index (χ4v) is 1.41. The van der Waals surface area contributed by atoms with E-state index in [0.29, 0.717) is 17.1 Å². The molecule has 0 aliphatic heterocycles. The van der Waals surface area contributed by atoms with Crippen molar-refractivity contribution in [1.82, 2.24) is 5.32 Å². The molecule has 1 rings (SSSR count). The van der Waals surface area contributed by atoms with Crippen LogP contribution >= 0.6 is 0 Å². The zero-order chi connectivity index (χ0) is 12.1. The Balaban J connectivity index is 3.12. The van der Waals surface area contributed by atoms with E-state index in [2.05, 4.69) is 5.32 Å². The zero-order valence-corrected chi connectivity index (χ0v) is 10.0. The lowest BCUT2D eigenvalue weighted by molar-refractivity contribution is 0.0937. The number of benzene rings is 1. The summed E-state index contributed by atoms with van der Waals surface area (Å²) in [7, 11) is 3.06. The van der Waals surface area contributed by atoms with E-state index in [1.165, 1.54) is 14.2 Å². The highest BCUT2D eigenvalue weighted by Crippen LogP contribution is 2.27. The molecule has 4 heteroatoms. The van der Waals surface area contributed by atoms with Gasteiger partial charge in [-0.15, -0.1) is 0 Å². The molecule has 1 aromatic carbocycles. The van der Waals surface area contributed by atoms with Crippen LogP contribution in [0.15, 0.2) is 18.2 Å². The normalized spacial score (nSPS) is 10.1. The molecule has 0 fully saturated rings. The predicted molar refractivity (Wildman–Crippen MR) is 62.1 cm³/mol. The molecule has 0 aliphatic carbocycles. The average Bonchev–Trinajstić information content (AvgIpc) is 2.26. The van der Waals surface area contributed by atoms with Gasteiger partial charge >= 0.3 is 0 Å². The monoisotopic (exact) mass is 223 g/mol. The van der Waals surface area contributed by atoms with Crippen LogP contribution in [0, 0.1) is 0 Å². The maximum atomic E-state index is 11.9. The minimum absolute atomic E-state index is 0.0714. The van der Waals surface area contributed by atoms with Gasteiger partial charge in [-0.2, -0.15) is 0 Å². The smallest absolute Gasteiger partial charge is 0.259 e. The number of rotatable bonds is 4. The molecular formula is C12H17NO3. The molecule has 0 saturated carbocycles. The van der Waals surface area contributed by atoms with Crippen molar-refractivity contribution in [1.29, 1.82) is 0 Å². The molecule has 0 bridgehead atoms. The topological polar surface area (TPSA) is 47.6 Å². The van der Waals surface area contributed by atoms with Gasteiger partial charge in [0.1, 0.15) is 17.1 Å². The van der Waals surface area contributed by atoms with Gasteiger partial charge in [-0.1, -0.05) is 6.07 Å². The molecule has 88 valence electrons. The Bertz CT molecular complexity index is 352. The van der Waals surface area contributed by atoms with E-state index >= 15 is 0 Å². The SMILES string of the molecule is COc1cccc(OC)c1C(=O)NC(C)C. The van der Waals surface area contributed by atoms with E-state index in [9.17, 15) is 4.79 Å². The van der Waals surface area contributed by atoms with Crippen LogP contribution in [0.2, 0.25) is 0 Å². The van der Waals surface area contributed by atoms with Crippen LogP contribution in [-0.2, 0) is 0 Å². The molecule has 0 heterocycles. The molecule has 0 saturated heterocycles. The zero-order valence-electron chi connectivity index (χ0n) is 10.0. The van der Waals surface area contributed by atoms with E-state index in [0.717, 1.165) is 0 Å². The van der Waals surface area contributed by atoms with Crippen molar-refractivity contribution in [3.8, 4) is 11.5 Å². The van der Waals surface area contributed by atoms with Gasteiger partial charge in [-0.3, -0.25) is 4.79 Å². The lowest BCUT2D eigenvalue weighted by atomic mass is 10.1. The summed E-state index contributed by atoms with van der Waals surface area (Å²) in [5.41, 5.74) is 0.432. The van der Waals surface area contributed by atoms with Gasteiger partial charge in [0.25, 0.3) is 5.91 Å². The van der Waals surface area contributed by atoms with Gasteiger partial charge in [-0.25, -0.2) is 0 Å². The summed E-state index contributed by atoms with van der Waals surface area (Å²) in [5, 5.41) is 2.81. The van der Waals surface area contributed by atoms with Gasteiger partial charge in [0.05, 0.1) is 14.2 Å². The first-order valence-corrected chi connectivity index (χ1v) is 5.12. The van der Waals surface area contributed by atoms with Crippen LogP contribution in [0.25, 0.3) is 0 Å². The molecule has 1 amide bonds. The number of carbonyl (C=O) groups excluding carboxylic acids is 1. The van der Waals surface area contributed by atoms with Gasteiger partial charge in [0.15, 0.2) is 0 Å². The number of hydrogen-bond donors (Lipinski definition) is 1. The van der Waals surface area contributed by atoms with Crippen LogP contribution in [-0.4, -0.2) is 26.2 Å². The lowest BCUT2D eigenvalue weighted by Gasteiger charge is -2.14. The third kappa shape index (κ3) is 2.66. The first-order valence-electron chi connectivity index (χ1n) is 5.12. The minimum Gasteiger partial charge on any atom is -0.496 e. The Morgan fingerprint density at radius 2 is 1.69 bits per heavy atom. The first kappa shape index (κ1) is 12.4. The summed E-state index contributed by atoms with van der Waals surface area (Å²) >= 11 is 0. The number of amides is 1. The van der Waals surface area contributed by atoms with E-state index in [4.69, 9.17) is 9.47 Å². The maximum absolute atomic E-state index is 11.9. The Morgan fingerprint density at radius 3 is 2.06 bits per heavy atom. The molecule has 0 unspecified atom stereocenters. The van der Waals surface area contributed by atoms with Crippen molar-refractivity contribution in [3.05, 3.63) is 23.8 Å². The number of ether oxygens (including phenoxy) is 2. The van der Waals surface area contributed by atoms with Gasteiger partial charge in [0, 0.05) is 6.04 Å². The van der Waals surface area contributed by atoms with Crippen LogP contribution in [0.3, 0.4) is 0 Å². The van der Waals surface area contributed by atoms with Crippen LogP contribution in [0.1, 0.15) is 24.2 Å². The summed E-state index contributed by atoms with van der Waals surface area (Å²) in [4.78, 5) is 11.9. The third-order valence-corrected chi connectivity index (χ3v) is 2.07. The number of carbonyl (C=O) groups is 1. The first-order chi connectivity index (χ1) is 7.60. The molecule has 0 radical (unpaired) electrons. The highest BCUT2D eigenvalue weighted by atomic mass is 16.5. The Hall–Kier alpha value is -1.71. The average molecular weight is 223 g/mol. The summed E-state index contributed by atoms with van der Waals surface area (Å²) in [6.45, 7) is 3.81. The summed E-state index contributed by atoms with van der Waals surface area (Å²) in [6.07, 6.45) is 0. The van der Waals surface area contributed by atoms with Crippen molar-refractivity contribution in [2.24, 2.45) is 0 Å². The molecule has 1 N–H and O–H groups in total. The van der Waals surface area contributed by atoms with Crippen LogP contribution in [0.4, 0.5) is 0 Å². The fourth-order valence-electron chi connectivity index (χ4n) is 1.41. The minimum atomic E-state index is -0.190. The highest BCUT2D eigenvalue weighted by molar-refractivity contribution is 5.99. The Labute approximate surface area is 95.6 Å². The van der Waals surface area contributed by atoms with Crippen molar-refractivity contribution in [2.75, 3.05) is 14.2 Å². The Kier molecular flexibility index (Phi) is 4.17. The second kappa shape index (κ2) is 5.39. The number of nitrogens with one attached hydrogen (secondary N) is 1. The molecule has 0 aromatic heterocycles. The van der Waals surface area contributed by atoms with Gasteiger partial charge in [-0.05, 0) is 26.0 Å².